The summed E-state index contributed by atoms with van der Waals surface area (Å²) in [6, 6.07) is 4.58. The summed E-state index contributed by atoms with van der Waals surface area (Å²) >= 11 is 1.35. The number of thioether (sulfide) groups is 1. The van der Waals surface area contributed by atoms with Crippen molar-refractivity contribution in [2.45, 2.75) is 17.4 Å². The highest BCUT2D eigenvalue weighted by molar-refractivity contribution is 7.99. The molecule has 0 saturated heterocycles. The maximum Gasteiger partial charge on any atom is 0.416 e. The van der Waals surface area contributed by atoms with Crippen molar-refractivity contribution < 1.29 is 13.2 Å². The van der Waals surface area contributed by atoms with Crippen molar-refractivity contribution in [3.8, 4) is 0 Å². The maximum atomic E-state index is 12.6. The minimum Gasteiger partial charge on any atom is -0.323 e. The van der Waals surface area contributed by atoms with Gasteiger partial charge in [0, 0.05) is 18.8 Å². The van der Waals surface area contributed by atoms with Gasteiger partial charge in [0.1, 0.15) is 6.33 Å². The minimum absolute atomic E-state index is 0.424. The van der Waals surface area contributed by atoms with E-state index in [0.717, 1.165) is 12.1 Å². The van der Waals surface area contributed by atoms with E-state index in [9.17, 15) is 13.2 Å². The fraction of sp³-hybridized carbons (Fsp3) is 0.333. The van der Waals surface area contributed by atoms with Gasteiger partial charge in [-0.25, -0.2) is 9.67 Å². The predicted octanol–water partition coefficient (Wildman–Crippen LogP) is 2.63. The standard InChI is InChI=1S/C12H13F3N4S/c1-19-11(17-7-18-19)20-6-10(16)8-3-2-4-9(5-8)12(13,14)15/h2-5,7,10H,6,16H2,1H3. The molecule has 0 fully saturated rings. The van der Waals surface area contributed by atoms with Gasteiger partial charge in [0.2, 0.25) is 0 Å². The van der Waals surface area contributed by atoms with E-state index in [-0.39, 0.29) is 0 Å². The molecule has 0 saturated carbocycles. The van der Waals surface area contributed by atoms with E-state index in [1.165, 1.54) is 24.2 Å². The second-order valence-corrected chi connectivity index (χ2v) is 5.19. The molecule has 8 heteroatoms. The molecule has 0 spiro atoms. The lowest BCUT2D eigenvalue weighted by molar-refractivity contribution is -0.137. The summed E-state index contributed by atoms with van der Waals surface area (Å²) in [7, 11) is 1.74. The Morgan fingerprint density at radius 2 is 2.15 bits per heavy atom. The van der Waals surface area contributed by atoms with Crippen LogP contribution in [0.1, 0.15) is 17.2 Å². The normalized spacial score (nSPS) is 13.4. The SMILES string of the molecule is Cn1ncnc1SCC(N)c1cccc(C(F)(F)F)c1. The van der Waals surface area contributed by atoms with Crippen LogP contribution in [-0.4, -0.2) is 20.5 Å². The molecular weight excluding hydrogens is 289 g/mol. The summed E-state index contributed by atoms with van der Waals surface area (Å²) in [4.78, 5) is 4.02. The second-order valence-electron chi connectivity index (χ2n) is 4.21. The first kappa shape index (κ1) is 14.9. The van der Waals surface area contributed by atoms with Crippen LogP contribution in [0.15, 0.2) is 35.7 Å². The quantitative estimate of drug-likeness (QED) is 0.882. The fourth-order valence-corrected chi connectivity index (χ4v) is 2.50. The zero-order valence-electron chi connectivity index (χ0n) is 10.6. The third kappa shape index (κ3) is 3.51. The molecule has 0 aliphatic heterocycles. The molecule has 2 N–H and O–H groups in total. The van der Waals surface area contributed by atoms with E-state index < -0.39 is 17.8 Å². The summed E-state index contributed by atoms with van der Waals surface area (Å²) in [5.41, 5.74) is 5.70. The van der Waals surface area contributed by atoms with Crippen LogP contribution in [0.2, 0.25) is 0 Å². The summed E-state index contributed by atoms with van der Waals surface area (Å²) in [5.74, 6) is 0.424. The zero-order chi connectivity index (χ0) is 14.8. The Bertz CT molecular complexity index is 582. The Kier molecular flexibility index (Phi) is 4.34. The van der Waals surface area contributed by atoms with Crippen LogP contribution in [0.3, 0.4) is 0 Å². The molecule has 2 aromatic rings. The molecule has 0 aliphatic rings. The second kappa shape index (κ2) is 5.84. The number of hydrogen-bond acceptors (Lipinski definition) is 4. The number of aromatic nitrogens is 3. The van der Waals surface area contributed by atoms with Crippen molar-refractivity contribution in [3.05, 3.63) is 41.7 Å². The summed E-state index contributed by atoms with van der Waals surface area (Å²) < 4.78 is 39.5. The Labute approximate surface area is 118 Å². The fourth-order valence-electron chi connectivity index (χ4n) is 1.62. The third-order valence-electron chi connectivity index (χ3n) is 2.70. The molecule has 1 unspecified atom stereocenters. The summed E-state index contributed by atoms with van der Waals surface area (Å²) in [6.07, 6.45) is -2.94. The number of nitrogens with zero attached hydrogens (tertiary/aromatic N) is 3. The molecule has 1 atom stereocenters. The average molecular weight is 302 g/mol. The molecule has 20 heavy (non-hydrogen) atoms. The van der Waals surface area contributed by atoms with Crippen molar-refractivity contribution in [1.29, 1.82) is 0 Å². The van der Waals surface area contributed by atoms with E-state index in [2.05, 4.69) is 10.1 Å². The lowest BCUT2D eigenvalue weighted by atomic mass is 10.1. The van der Waals surface area contributed by atoms with Gasteiger partial charge in [0.05, 0.1) is 5.56 Å². The van der Waals surface area contributed by atoms with Crippen LogP contribution in [0.5, 0.6) is 0 Å². The average Bonchev–Trinajstić information content (AvgIpc) is 2.81. The molecular formula is C12H13F3N4S. The third-order valence-corrected chi connectivity index (χ3v) is 3.86. The van der Waals surface area contributed by atoms with Crippen LogP contribution in [0, 0.1) is 0 Å². The van der Waals surface area contributed by atoms with Crippen molar-refractivity contribution in [1.82, 2.24) is 14.8 Å². The van der Waals surface area contributed by atoms with E-state index >= 15 is 0 Å². The smallest absolute Gasteiger partial charge is 0.323 e. The molecule has 0 bridgehead atoms. The van der Waals surface area contributed by atoms with Gasteiger partial charge in [0.15, 0.2) is 5.16 Å². The first-order chi connectivity index (χ1) is 9.38. The highest BCUT2D eigenvalue weighted by Gasteiger charge is 2.30. The van der Waals surface area contributed by atoms with Crippen LogP contribution in [-0.2, 0) is 13.2 Å². The van der Waals surface area contributed by atoms with E-state index in [0.29, 0.717) is 16.5 Å². The molecule has 4 nitrogen and oxygen atoms in total. The van der Waals surface area contributed by atoms with Crippen molar-refractivity contribution >= 4 is 11.8 Å². The van der Waals surface area contributed by atoms with E-state index in [4.69, 9.17) is 5.73 Å². The van der Waals surface area contributed by atoms with Gasteiger partial charge in [-0.2, -0.15) is 18.3 Å². The van der Waals surface area contributed by atoms with E-state index in [1.54, 1.807) is 17.8 Å². The Balaban J connectivity index is 2.06. The number of rotatable bonds is 4. The molecule has 0 amide bonds. The van der Waals surface area contributed by atoms with E-state index in [1.807, 2.05) is 0 Å². The Morgan fingerprint density at radius 3 is 2.75 bits per heavy atom. The topological polar surface area (TPSA) is 56.7 Å². The van der Waals surface area contributed by atoms with Crippen LogP contribution >= 0.6 is 11.8 Å². The molecule has 1 aromatic heterocycles. The van der Waals surface area contributed by atoms with Crippen LogP contribution in [0.4, 0.5) is 13.2 Å². The number of nitrogens with two attached hydrogens (primary N) is 1. The van der Waals surface area contributed by atoms with Gasteiger partial charge >= 0.3 is 6.18 Å². The maximum absolute atomic E-state index is 12.6. The number of halogens is 3. The van der Waals surface area contributed by atoms with Crippen molar-refractivity contribution in [2.75, 3.05) is 5.75 Å². The Hall–Kier alpha value is -1.54. The van der Waals surface area contributed by atoms with Gasteiger partial charge in [-0.15, -0.1) is 0 Å². The lowest BCUT2D eigenvalue weighted by Crippen LogP contribution is -2.15. The molecule has 108 valence electrons. The molecule has 0 aliphatic carbocycles. The largest absolute Gasteiger partial charge is 0.416 e. The van der Waals surface area contributed by atoms with Gasteiger partial charge in [0.25, 0.3) is 0 Å². The Morgan fingerprint density at radius 1 is 1.40 bits per heavy atom. The molecule has 0 radical (unpaired) electrons. The van der Waals surface area contributed by atoms with Gasteiger partial charge < -0.3 is 5.73 Å². The number of aryl methyl sites for hydroxylation is 1. The summed E-state index contributed by atoms with van der Waals surface area (Å²) in [6.45, 7) is 0. The number of hydrogen-bond donors (Lipinski definition) is 1. The zero-order valence-corrected chi connectivity index (χ0v) is 11.4. The first-order valence-electron chi connectivity index (χ1n) is 5.77. The highest BCUT2D eigenvalue weighted by Crippen LogP contribution is 2.31. The first-order valence-corrected chi connectivity index (χ1v) is 6.76. The molecule has 1 aromatic carbocycles. The molecule has 2 rings (SSSR count). The number of benzene rings is 1. The minimum atomic E-state index is -4.35. The summed E-state index contributed by atoms with van der Waals surface area (Å²) in [5, 5.41) is 4.58. The van der Waals surface area contributed by atoms with Gasteiger partial charge in [-0.05, 0) is 17.7 Å². The number of alkyl halides is 3. The van der Waals surface area contributed by atoms with Gasteiger partial charge in [-0.1, -0.05) is 23.9 Å². The van der Waals surface area contributed by atoms with Gasteiger partial charge in [-0.3, -0.25) is 0 Å². The van der Waals surface area contributed by atoms with Crippen LogP contribution < -0.4 is 5.73 Å². The van der Waals surface area contributed by atoms with Crippen LogP contribution in [0.25, 0.3) is 0 Å². The van der Waals surface area contributed by atoms with Crippen molar-refractivity contribution in [2.24, 2.45) is 12.8 Å². The van der Waals surface area contributed by atoms with Crippen molar-refractivity contribution in [3.63, 3.8) is 0 Å². The predicted molar refractivity (Wildman–Crippen MR) is 70.1 cm³/mol. The lowest BCUT2D eigenvalue weighted by Gasteiger charge is -2.14. The monoisotopic (exact) mass is 302 g/mol. The molecule has 1 heterocycles. The highest BCUT2D eigenvalue weighted by atomic mass is 32.2.